The lowest BCUT2D eigenvalue weighted by Gasteiger charge is -2.46. The normalized spacial score (nSPS) is 18.7. The van der Waals surface area contributed by atoms with E-state index in [0.29, 0.717) is 17.1 Å². The number of thioether (sulfide) groups is 1. The molecule has 0 spiro atoms. The van der Waals surface area contributed by atoms with Crippen molar-refractivity contribution in [3.8, 4) is 11.5 Å². The molecule has 2 heterocycles. The summed E-state index contributed by atoms with van der Waals surface area (Å²) >= 11 is 4.61. The lowest BCUT2D eigenvalue weighted by molar-refractivity contribution is -0.151. The molecule has 37 heavy (non-hydrogen) atoms. The van der Waals surface area contributed by atoms with Crippen LogP contribution in [0.5, 0.6) is 11.5 Å². The number of nitrogens with zero attached hydrogens (tertiary/aromatic N) is 2. The zero-order valence-corrected chi connectivity index (χ0v) is 22.4. The maximum atomic E-state index is 13.3. The summed E-state index contributed by atoms with van der Waals surface area (Å²) in [7, 11) is 0. The Kier molecular flexibility index (Phi) is 8.50. The van der Waals surface area contributed by atoms with Crippen molar-refractivity contribution in [3.05, 3.63) is 58.6 Å². The number of urea groups is 1. The van der Waals surface area contributed by atoms with Gasteiger partial charge in [0, 0.05) is 36.4 Å². The second kappa shape index (κ2) is 11.6. The van der Waals surface area contributed by atoms with Crippen LogP contribution in [0.3, 0.4) is 0 Å². The Hall–Kier alpha value is -2.96. The van der Waals surface area contributed by atoms with Crippen LogP contribution in [-0.4, -0.2) is 77.4 Å². The van der Waals surface area contributed by atoms with E-state index >= 15 is 0 Å². The van der Waals surface area contributed by atoms with Crippen LogP contribution in [0.2, 0.25) is 0 Å². The molecule has 0 bridgehead atoms. The van der Waals surface area contributed by atoms with Crippen LogP contribution >= 0.6 is 27.7 Å². The number of carbonyl (C=O) groups is 4. The highest BCUT2D eigenvalue weighted by atomic mass is 79.9. The van der Waals surface area contributed by atoms with Crippen LogP contribution in [0, 0.1) is 0 Å². The quantitative estimate of drug-likeness (QED) is 0.454. The van der Waals surface area contributed by atoms with Crippen molar-refractivity contribution >= 4 is 51.4 Å². The summed E-state index contributed by atoms with van der Waals surface area (Å²) in [5.74, 6) is -0.111. The zero-order chi connectivity index (χ0) is 26.6. The molecule has 2 N–H and O–H groups in total. The Bertz CT molecular complexity index is 1150. The lowest BCUT2D eigenvalue weighted by Crippen LogP contribution is -2.73. The molecule has 0 radical (unpaired) electrons. The molecular weight excluding hydrogens is 567 g/mol. The van der Waals surface area contributed by atoms with Crippen LogP contribution in [-0.2, 0) is 19.9 Å². The Balaban J connectivity index is 1.53. The standard InChI is InChI=1S/C25H26BrFN4O5S/c1-16(27)14-37-15-21(32)30-10-12-31(13-11-30)25(22(33)28-24(35)29-23(25)34)17-2-6-19(7-3-17)36-20-8-4-18(26)5-9-20/h2-9,16H,10-15H2,1H3,(H2,28,29,33,34,35). The van der Waals surface area contributed by atoms with Crippen molar-refractivity contribution in [1.29, 1.82) is 0 Å². The molecule has 1 atom stereocenters. The summed E-state index contributed by atoms with van der Waals surface area (Å²) in [5.41, 5.74) is -1.43. The summed E-state index contributed by atoms with van der Waals surface area (Å²) in [6, 6.07) is 12.9. The van der Waals surface area contributed by atoms with Crippen LogP contribution < -0.4 is 15.4 Å². The van der Waals surface area contributed by atoms with Gasteiger partial charge in [0.15, 0.2) is 0 Å². The van der Waals surface area contributed by atoms with Gasteiger partial charge < -0.3 is 9.64 Å². The Morgan fingerprint density at radius 1 is 1.00 bits per heavy atom. The van der Waals surface area contributed by atoms with E-state index in [2.05, 4.69) is 26.6 Å². The number of amides is 5. The molecular formula is C25H26BrFN4O5S. The average molecular weight is 593 g/mol. The minimum absolute atomic E-state index is 0.124. The summed E-state index contributed by atoms with van der Waals surface area (Å²) in [5, 5.41) is 4.44. The van der Waals surface area contributed by atoms with Gasteiger partial charge in [-0.25, -0.2) is 9.18 Å². The largest absolute Gasteiger partial charge is 0.457 e. The molecule has 5 amide bonds. The first-order valence-electron chi connectivity index (χ1n) is 11.7. The molecule has 2 saturated heterocycles. The number of alkyl halides is 1. The van der Waals surface area contributed by atoms with Crippen molar-refractivity contribution < 1.29 is 28.3 Å². The van der Waals surface area contributed by atoms with Gasteiger partial charge >= 0.3 is 6.03 Å². The number of rotatable bonds is 8. The van der Waals surface area contributed by atoms with Crippen molar-refractivity contribution in [3.63, 3.8) is 0 Å². The minimum atomic E-state index is -1.79. The number of halogens is 2. The molecule has 12 heteroatoms. The molecule has 2 aliphatic rings. The lowest BCUT2D eigenvalue weighted by atomic mass is 9.84. The van der Waals surface area contributed by atoms with E-state index in [-0.39, 0.29) is 43.6 Å². The van der Waals surface area contributed by atoms with E-state index in [1.54, 1.807) is 46.2 Å². The van der Waals surface area contributed by atoms with Crippen molar-refractivity contribution in [2.45, 2.75) is 18.6 Å². The molecule has 196 valence electrons. The number of hydrogen-bond acceptors (Lipinski definition) is 7. The van der Waals surface area contributed by atoms with Gasteiger partial charge in [-0.3, -0.25) is 29.9 Å². The van der Waals surface area contributed by atoms with E-state index in [1.807, 2.05) is 12.1 Å². The summed E-state index contributed by atoms with van der Waals surface area (Å²) in [4.78, 5) is 54.3. The molecule has 1 unspecified atom stereocenters. The number of carbonyl (C=O) groups excluding carboxylic acids is 4. The zero-order valence-electron chi connectivity index (χ0n) is 20.0. The van der Waals surface area contributed by atoms with E-state index in [4.69, 9.17) is 4.74 Å². The molecule has 2 aromatic carbocycles. The Morgan fingerprint density at radius 3 is 2.08 bits per heavy atom. The maximum Gasteiger partial charge on any atom is 0.328 e. The highest BCUT2D eigenvalue weighted by molar-refractivity contribution is 9.10. The third-order valence-corrected chi connectivity index (χ3v) is 7.79. The minimum Gasteiger partial charge on any atom is -0.457 e. The van der Waals surface area contributed by atoms with Gasteiger partial charge in [0.25, 0.3) is 11.8 Å². The van der Waals surface area contributed by atoms with Gasteiger partial charge in [-0.05, 0) is 48.9 Å². The summed E-state index contributed by atoms with van der Waals surface area (Å²) in [6.45, 7) is 2.46. The summed E-state index contributed by atoms with van der Waals surface area (Å²) in [6.07, 6.45) is -0.993. The molecule has 4 rings (SSSR count). The first-order valence-corrected chi connectivity index (χ1v) is 13.6. The van der Waals surface area contributed by atoms with Crippen molar-refractivity contribution in [2.75, 3.05) is 37.7 Å². The van der Waals surface area contributed by atoms with Gasteiger partial charge in [-0.2, -0.15) is 0 Å². The average Bonchev–Trinajstić information content (AvgIpc) is 2.86. The third kappa shape index (κ3) is 5.97. The number of nitrogens with one attached hydrogen (secondary N) is 2. The SMILES string of the molecule is CC(F)CSCC(=O)N1CCN(C2(c3ccc(Oc4ccc(Br)cc4)cc3)C(=O)NC(=O)NC2=O)CC1. The monoisotopic (exact) mass is 592 g/mol. The fraction of sp³-hybridized carbons (Fsp3) is 0.360. The second-order valence-electron chi connectivity index (χ2n) is 8.69. The van der Waals surface area contributed by atoms with Crippen LogP contribution in [0.25, 0.3) is 0 Å². The van der Waals surface area contributed by atoms with Gasteiger partial charge in [0.05, 0.1) is 5.75 Å². The first-order chi connectivity index (χ1) is 17.7. The number of ether oxygens (including phenoxy) is 1. The molecule has 2 aromatic rings. The van der Waals surface area contributed by atoms with Crippen LogP contribution in [0.4, 0.5) is 9.18 Å². The molecule has 9 nitrogen and oxygen atoms in total. The molecule has 2 aliphatic heterocycles. The number of hydrogen-bond donors (Lipinski definition) is 2. The van der Waals surface area contributed by atoms with E-state index < -0.39 is 29.6 Å². The molecule has 2 fully saturated rings. The van der Waals surface area contributed by atoms with E-state index in [0.717, 1.165) is 4.47 Å². The van der Waals surface area contributed by atoms with Crippen LogP contribution in [0.15, 0.2) is 53.0 Å². The van der Waals surface area contributed by atoms with E-state index in [1.165, 1.54) is 18.7 Å². The van der Waals surface area contributed by atoms with Gasteiger partial charge in [-0.15, -0.1) is 11.8 Å². The predicted molar refractivity (Wildman–Crippen MR) is 140 cm³/mol. The molecule has 0 aliphatic carbocycles. The number of benzene rings is 2. The van der Waals surface area contributed by atoms with Crippen molar-refractivity contribution in [1.82, 2.24) is 20.4 Å². The number of imide groups is 2. The molecule has 0 saturated carbocycles. The second-order valence-corrected chi connectivity index (χ2v) is 10.6. The van der Waals surface area contributed by atoms with Gasteiger partial charge in [0.1, 0.15) is 17.7 Å². The maximum absolute atomic E-state index is 13.3. The highest BCUT2D eigenvalue weighted by Crippen LogP contribution is 2.34. The topological polar surface area (TPSA) is 108 Å². The van der Waals surface area contributed by atoms with Gasteiger partial charge in [0.2, 0.25) is 11.4 Å². The highest BCUT2D eigenvalue weighted by Gasteiger charge is 2.56. The van der Waals surface area contributed by atoms with Gasteiger partial charge in [-0.1, -0.05) is 28.1 Å². The Labute approximate surface area is 226 Å². The fourth-order valence-corrected chi connectivity index (χ4v) is 5.41. The number of barbiturate groups is 1. The summed E-state index contributed by atoms with van der Waals surface area (Å²) < 4.78 is 19.8. The number of piperazine rings is 1. The predicted octanol–water partition coefficient (Wildman–Crippen LogP) is 3.04. The first kappa shape index (κ1) is 27.1. The molecule has 0 aromatic heterocycles. The Morgan fingerprint density at radius 2 is 1.54 bits per heavy atom. The van der Waals surface area contributed by atoms with E-state index in [9.17, 15) is 23.6 Å². The third-order valence-electron chi connectivity index (χ3n) is 6.11. The smallest absolute Gasteiger partial charge is 0.328 e. The fourth-order valence-electron chi connectivity index (χ4n) is 4.35. The van der Waals surface area contributed by atoms with Crippen LogP contribution in [0.1, 0.15) is 12.5 Å². The van der Waals surface area contributed by atoms with Crippen molar-refractivity contribution in [2.24, 2.45) is 0 Å².